The van der Waals surface area contributed by atoms with Crippen molar-refractivity contribution >= 4 is 11.7 Å². The van der Waals surface area contributed by atoms with E-state index in [0.717, 1.165) is 5.56 Å². The van der Waals surface area contributed by atoms with Gasteiger partial charge in [0, 0.05) is 25.0 Å². The summed E-state index contributed by atoms with van der Waals surface area (Å²) in [5.74, 6) is 0. The molecule has 2 rings (SSSR count). The molecule has 2 heterocycles. The van der Waals surface area contributed by atoms with Gasteiger partial charge < -0.3 is 15.6 Å². The highest BCUT2D eigenvalue weighted by molar-refractivity contribution is 5.88. The van der Waals surface area contributed by atoms with E-state index < -0.39 is 0 Å². The van der Waals surface area contributed by atoms with Gasteiger partial charge in [0.25, 0.3) is 0 Å². The highest BCUT2D eigenvalue weighted by Gasteiger charge is 2.01. The minimum Gasteiger partial charge on any atom is -0.334 e. The molecule has 6 heteroatoms. The van der Waals surface area contributed by atoms with Crippen LogP contribution >= 0.6 is 0 Å². The van der Waals surface area contributed by atoms with E-state index in [2.05, 4.69) is 20.6 Å². The molecule has 2 aromatic heterocycles. The van der Waals surface area contributed by atoms with E-state index in [1.807, 2.05) is 0 Å². The fraction of sp³-hybridized carbons (Fsp3) is 0.0833. The molecule has 0 unspecified atom stereocenters. The molecular formula is C12H12N4O2. The van der Waals surface area contributed by atoms with Crippen LogP contribution in [-0.2, 0) is 6.54 Å². The number of aromatic nitrogens is 2. The summed E-state index contributed by atoms with van der Waals surface area (Å²) in [5, 5.41) is 5.27. The summed E-state index contributed by atoms with van der Waals surface area (Å²) in [6, 6.07) is 6.28. The first-order valence-electron chi connectivity index (χ1n) is 5.36. The van der Waals surface area contributed by atoms with Crippen molar-refractivity contribution in [2.24, 2.45) is 0 Å². The first kappa shape index (κ1) is 11.8. The Morgan fingerprint density at radius 1 is 1.39 bits per heavy atom. The van der Waals surface area contributed by atoms with Gasteiger partial charge in [-0.3, -0.25) is 9.78 Å². The number of hydrogen-bond acceptors (Lipinski definition) is 3. The van der Waals surface area contributed by atoms with Crippen LogP contribution in [0.25, 0.3) is 0 Å². The maximum atomic E-state index is 11.5. The van der Waals surface area contributed by atoms with Crippen LogP contribution in [0.3, 0.4) is 0 Å². The summed E-state index contributed by atoms with van der Waals surface area (Å²) < 4.78 is 0. The SMILES string of the molecule is O=C(NCc1cc[nH]c(=O)c1)Nc1cccnc1. The summed E-state index contributed by atoms with van der Waals surface area (Å²) in [4.78, 5) is 29.0. The van der Waals surface area contributed by atoms with Gasteiger partial charge in [0.15, 0.2) is 0 Å². The van der Waals surface area contributed by atoms with Crippen LogP contribution in [0.2, 0.25) is 0 Å². The average Bonchev–Trinajstić information content (AvgIpc) is 2.38. The Morgan fingerprint density at radius 2 is 2.28 bits per heavy atom. The van der Waals surface area contributed by atoms with Crippen molar-refractivity contribution in [3.8, 4) is 0 Å². The molecule has 2 aromatic rings. The van der Waals surface area contributed by atoms with Gasteiger partial charge in [-0.15, -0.1) is 0 Å². The zero-order chi connectivity index (χ0) is 12.8. The zero-order valence-corrected chi connectivity index (χ0v) is 9.51. The number of carbonyl (C=O) groups is 1. The van der Waals surface area contributed by atoms with Gasteiger partial charge >= 0.3 is 6.03 Å². The number of nitrogens with zero attached hydrogens (tertiary/aromatic N) is 1. The molecule has 92 valence electrons. The number of carbonyl (C=O) groups excluding carboxylic acids is 1. The molecule has 0 aliphatic rings. The second-order valence-electron chi connectivity index (χ2n) is 3.61. The van der Waals surface area contributed by atoms with Crippen LogP contribution in [-0.4, -0.2) is 16.0 Å². The molecule has 2 amide bonds. The molecule has 0 fully saturated rings. The fourth-order valence-electron chi connectivity index (χ4n) is 1.39. The molecule has 6 nitrogen and oxygen atoms in total. The number of nitrogens with one attached hydrogen (secondary N) is 3. The Kier molecular flexibility index (Phi) is 3.70. The standard InChI is InChI=1S/C12H12N4O2/c17-11-6-9(3-5-14-11)7-15-12(18)16-10-2-1-4-13-8-10/h1-6,8H,7H2,(H,14,17)(H2,15,16,18). The van der Waals surface area contributed by atoms with E-state index >= 15 is 0 Å². The number of hydrogen-bond donors (Lipinski definition) is 3. The van der Waals surface area contributed by atoms with Crippen LogP contribution in [0.15, 0.2) is 47.7 Å². The van der Waals surface area contributed by atoms with E-state index in [-0.39, 0.29) is 18.1 Å². The fourth-order valence-corrected chi connectivity index (χ4v) is 1.39. The average molecular weight is 244 g/mol. The Labute approximate surface area is 103 Å². The summed E-state index contributed by atoms with van der Waals surface area (Å²) in [6.45, 7) is 0.288. The van der Waals surface area contributed by atoms with Crippen LogP contribution < -0.4 is 16.2 Å². The van der Waals surface area contributed by atoms with Crippen molar-refractivity contribution < 1.29 is 4.79 Å². The second-order valence-corrected chi connectivity index (χ2v) is 3.61. The molecule has 18 heavy (non-hydrogen) atoms. The van der Waals surface area contributed by atoms with Crippen molar-refractivity contribution in [3.05, 3.63) is 58.8 Å². The third-order valence-corrected chi connectivity index (χ3v) is 2.21. The lowest BCUT2D eigenvalue weighted by atomic mass is 10.3. The second kappa shape index (κ2) is 5.62. The number of aromatic amines is 1. The molecular weight excluding hydrogens is 232 g/mol. The number of H-pyrrole nitrogens is 1. The van der Waals surface area contributed by atoms with Gasteiger partial charge in [0.05, 0.1) is 11.9 Å². The Bertz CT molecular complexity index is 580. The first-order valence-corrected chi connectivity index (χ1v) is 5.36. The van der Waals surface area contributed by atoms with Gasteiger partial charge in [-0.1, -0.05) is 0 Å². The minimum absolute atomic E-state index is 0.193. The normalized spacial score (nSPS) is 9.78. The lowest BCUT2D eigenvalue weighted by molar-refractivity contribution is 0.251. The molecule has 0 spiro atoms. The van der Waals surface area contributed by atoms with Crippen LogP contribution in [0.5, 0.6) is 0 Å². The zero-order valence-electron chi connectivity index (χ0n) is 9.51. The van der Waals surface area contributed by atoms with Gasteiger partial charge in [0.1, 0.15) is 0 Å². The molecule has 0 aromatic carbocycles. The van der Waals surface area contributed by atoms with Crippen molar-refractivity contribution in [1.29, 1.82) is 0 Å². The first-order chi connectivity index (χ1) is 8.74. The molecule has 0 saturated carbocycles. The number of rotatable bonds is 3. The summed E-state index contributed by atoms with van der Waals surface area (Å²) in [7, 11) is 0. The molecule has 0 aliphatic heterocycles. The van der Waals surface area contributed by atoms with Crippen LogP contribution in [0.4, 0.5) is 10.5 Å². The Hall–Kier alpha value is -2.63. The summed E-state index contributed by atoms with van der Waals surface area (Å²) in [5.41, 5.74) is 1.16. The van der Waals surface area contributed by atoms with Crippen molar-refractivity contribution in [2.45, 2.75) is 6.54 Å². The minimum atomic E-state index is -0.344. The van der Waals surface area contributed by atoms with Crippen LogP contribution in [0.1, 0.15) is 5.56 Å². The van der Waals surface area contributed by atoms with Gasteiger partial charge in [-0.2, -0.15) is 0 Å². The van der Waals surface area contributed by atoms with E-state index in [4.69, 9.17) is 0 Å². The highest BCUT2D eigenvalue weighted by atomic mass is 16.2. The number of pyridine rings is 2. The summed E-state index contributed by atoms with van der Waals surface area (Å²) >= 11 is 0. The van der Waals surface area contributed by atoms with Crippen LogP contribution in [0, 0.1) is 0 Å². The quantitative estimate of drug-likeness (QED) is 0.755. The van der Waals surface area contributed by atoms with E-state index in [0.29, 0.717) is 5.69 Å². The highest BCUT2D eigenvalue weighted by Crippen LogP contribution is 2.02. The molecule has 0 saturated heterocycles. The predicted molar refractivity (Wildman–Crippen MR) is 67.2 cm³/mol. The van der Waals surface area contributed by atoms with E-state index in [9.17, 15) is 9.59 Å². The van der Waals surface area contributed by atoms with Gasteiger partial charge in [0.2, 0.25) is 5.56 Å². The Balaban J connectivity index is 1.87. The number of urea groups is 1. The largest absolute Gasteiger partial charge is 0.334 e. The smallest absolute Gasteiger partial charge is 0.319 e. The molecule has 0 bridgehead atoms. The third-order valence-electron chi connectivity index (χ3n) is 2.21. The van der Waals surface area contributed by atoms with E-state index in [1.165, 1.54) is 6.07 Å². The van der Waals surface area contributed by atoms with Crippen molar-refractivity contribution in [2.75, 3.05) is 5.32 Å². The third kappa shape index (κ3) is 3.44. The number of anilines is 1. The molecule has 0 aliphatic carbocycles. The van der Waals surface area contributed by atoms with E-state index in [1.54, 1.807) is 36.8 Å². The topological polar surface area (TPSA) is 86.9 Å². The van der Waals surface area contributed by atoms with Gasteiger partial charge in [-0.25, -0.2) is 4.79 Å². The lowest BCUT2D eigenvalue weighted by Gasteiger charge is -2.06. The molecule has 0 radical (unpaired) electrons. The molecule has 3 N–H and O–H groups in total. The lowest BCUT2D eigenvalue weighted by Crippen LogP contribution is -2.28. The monoisotopic (exact) mass is 244 g/mol. The van der Waals surface area contributed by atoms with Gasteiger partial charge in [-0.05, 0) is 23.8 Å². The summed E-state index contributed by atoms with van der Waals surface area (Å²) in [6.07, 6.45) is 4.71. The molecule has 0 atom stereocenters. The predicted octanol–water partition coefficient (Wildman–Crippen LogP) is 1.09. The number of amides is 2. The van der Waals surface area contributed by atoms with Crippen molar-refractivity contribution in [3.63, 3.8) is 0 Å². The maximum absolute atomic E-state index is 11.5. The maximum Gasteiger partial charge on any atom is 0.319 e. The Morgan fingerprint density at radius 3 is 3.00 bits per heavy atom. The van der Waals surface area contributed by atoms with Crippen molar-refractivity contribution in [1.82, 2.24) is 15.3 Å².